The first kappa shape index (κ1) is 19.4. The minimum absolute atomic E-state index is 0.0670. The molecule has 9 heteroatoms. The molecule has 2 heterocycles. The Kier molecular flexibility index (Phi) is 5.25. The van der Waals surface area contributed by atoms with Gasteiger partial charge in [0.25, 0.3) is 0 Å². The summed E-state index contributed by atoms with van der Waals surface area (Å²) in [5.74, 6) is -1.50. The molecule has 4 atom stereocenters. The fraction of sp³-hybridized carbons (Fsp3) is 0.550. The van der Waals surface area contributed by atoms with E-state index in [9.17, 15) is 14.4 Å². The van der Waals surface area contributed by atoms with Gasteiger partial charge in [0, 0.05) is 17.0 Å². The van der Waals surface area contributed by atoms with Gasteiger partial charge in [-0.2, -0.15) is 0 Å². The van der Waals surface area contributed by atoms with Gasteiger partial charge in [0.05, 0.1) is 18.1 Å². The molecule has 152 valence electrons. The van der Waals surface area contributed by atoms with E-state index in [2.05, 4.69) is 10.0 Å². The molecule has 1 saturated carbocycles. The van der Waals surface area contributed by atoms with Crippen molar-refractivity contribution in [3.8, 4) is 0 Å². The van der Waals surface area contributed by atoms with Crippen LogP contribution in [0.25, 0.3) is 10.4 Å². The van der Waals surface area contributed by atoms with Crippen molar-refractivity contribution in [2.24, 2.45) is 16.8 Å². The quantitative estimate of drug-likeness (QED) is 0.460. The lowest BCUT2D eigenvalue weighted by atomic mass is 9.81. The zero-order valence-corrected chi connectivity index (χ0v) is 15.9. The number of carbonyl (C=O) groups is 3. The molecule has 29 heavy (non-hydrogen) atoms. The van der Waals surface area contributed by atoms with Crippen LogP contribution in [0.5, 0.6) is 0 Å². The Balaban J connectivity index is 1.74. The van der Waals surface area contributed by atoms with Crippen molar-refractivity contribution in [3.63, 3.8) is 0 Å². The van der Waals surface area contributed by atoms with E-state index >= 15 is 0 Å². The molecule has 0 radical (unpaired) electrons. The summed E-state index contributed by atoms with van der Waals surface area (Å²) in [4.78, 5) is 42.6. The second-order valence-corrected chi connectivity index (χ2v) is 7.92. The number of Topliss-reactive ketones (excluding diaryl/α,β-unsaturated/α-hetero) is 1. The molecule has 2 amide bonds. The fourth-order valence-corrected chi connectivity index (χ4v) is 5.08. The minimum Gasteiger partial charge on any atom is -0.367 e. The van der Waals surface area contributed by atoms with E-state index in [1.54, 1.807) is 24.3 Å². The third-order valence-electron chi connectivity index (χ3n) is 6.34. The lowest BCUT2D eigenvalue weighted by Gasteiger charge is -2.31. The van der Waals surface area contributed by atoms with Gasteiger partial charge < -0.3 is 15.4 Å². The van der Waals surface area contributed by atoms with Crippen LogP contribution in [-0.4, -0.2) is 53.8 Å². The van der Waals surface area contributed by atoms with E-state index in [1.807, 2.05) is 0 Å². The molecule has 3 aliphatic rings. The molecule has 3 fully saturated rings. The van der Waals surface area contributed by atoms with E-state index in [1.165, 1.54) is 4.90 Å². The van der Waals surface area contributed by atoms with Gasteiger partial charge in [-0.15, -0.1) is 0 Å². The number of hydrogen-bond donors (Lipinski definition) is 1. The molecule has 1 aliphatic carbocycles. The maximum atomic E-state index is 13.8. The van der Waals surface area contributed by atoms with Gasteiger partial charge in [-0.25, -0.2) is 0 Å². The predicted octanol–water partition coefficient (Wildman–Crippen LogP) is 1.92. The molecule has 1 aromatic carbocycles. The van der Waals surface area contributed by atoms with Crippen molar-refractivity contribution in [2.75, 3.05) is 13.2 Å². The molecular weight excluding hydrogens is 374 g/mol. The molecule has 0 unspecified atom stereocenters. The van der Waals surface area contributed by atoms with Gasteiger partial charge in [-0.3, -0.25) is 14.4 Å². The first-order valence-corrected chi connectivity index (χ1v) is 9.90. The summed E-state index contributed by atoms with van der Waals surface area (Å²) in [6, 6.07) is 5.56. The van der Waals surface area contributed by atoms with Crippen LogP contribution in [0, 0.1) is 5.92 Å². The summed E-state index contributed by atoms with van der Waals surface area (Å²) >= 11 is 0. The van der Waals surface area contributed by atoms with Crippen molar-refractivity contribution in [1.29, 1.82) is 0 Å². The number of ketones is 1. The minimum atomic E-state index is -0.748. The number of primary amides is 1. The van der Waals surface area contributed by atoms with Crippen LogP contribution >= 0.6 is 0 Å². The van der Waals surface area contributed by atoms with Crippen molar-refractivity contribution in [2.45, 2.75) is 49.8 Å². The van der Waals surface area contributed by atoms with Crippen molar-refractivity contribution >= 4 is 17.6 Å². The van der Waals surface area contributed by atoms with E-state index in [0.29, 0.717) is 11.1 Å². The highest BCUT2D eigenvalue weighted by molar-refractivity contribution is 5.99. The van der Waals surface area contributed by atoms with Crippen LogP contribution in [0.2, 0.25) is 0 Å². The number of likely N-dealkylation sites (tertiary alicyclic amines) is 1. The maximum absolute atomic E-state index is 13.8. The summed E-state index contributed by atoms with van der Waals surface area (Å²) in [6.45, 7) is 0.0362. The Hall–Kier alpha value is -2.90. The van der Waals surface area contributed by atoms with Gasteiger partial charge in [0.1, 0.15) is 12.6 Å². The van der Waals surface area contributed by atoms with E-state index in [0.717, 1.165) is 25.7 Å². The van der Waals surface area contributed by atoms with E-state index in [4.69, 9.17) is 16.0 Å². The van der Waals surface area contributed by atoms with Gasteiger partial charge in [0.2, 0.25) is 11.8 Å². The largest absolute Gasteiger partial charge is 0.367 e. The third-order valence-corrected chi connectivity index (χ3v) is 6.34. The second kappa shape index (κ2) is 7.85. The Morgan fingerprint density at radius 1 is 1.28 bits per heavy atom. The Bertz CT molecular complexity index is 891. The summed E-state index contributed by atoms with van der Waals surface area (Å²) in [5.41, 5.74) is 15.4. The molecule has 4 rings (SSSR count). The van der Waals surface area contributed by atoms with Crippen LogP contribution < -0.4 is 5.73 Å². The second-order valence-electron chi connectivity index (χ2n) is 7.92. The highest BCUT2D eigenvalue weighted by Crippen LogP contribution is 2.42. The third kappa shape index (κ3) is 3.36. The Labute approximate surface area is 167 Å². The average Bonchev–Trinajstić information content (AvgIpc) is 3.43. The zero-order chi connectivity index (χ0) is 20.5. The number of azide groups is 1. The summed E-state index contributed by atoms with van der Waals surface area (Å²) in [5, 5.41) is 3.74. The number of rotatable bonds is 5. The molecule has 1 aromatic rings. The highest BCUT2D eigenvalue weighted by Gasteiger charge is 2.53. The lowest BCUT2D eigenvalue weighted by molar-refractivity contribution is -0.138. The van der Waals surface area contributed by atoms with Crippen LogP contribution in [0.3, 0.4) is 0 Å². The molecule has 2 N–H and O–H groups in total. The van der Waals surface area contributed by atoms with Crippen LogP contribution in [-0.2, 0) is 14.3 Å². The van der Waals surface area contributed by atoms with Gasteiger partial charge in [-0.1, -0.05) is 36.2 Å². The number of amides is 2. The van der Waals surface area contributed by atoms with Crippen molar-refractivity contribution in [3.05, 3.63) is 45.8 Å². The normalized spacial score (nSPS) is 27.5. The number of carbonyl (C=O) groups excluding carboxylic acids is 3. The summed E-state index contributed by atoms with van der Waals surface area (Å²) in [7, 11) is 0. The number of hydrogen-bond acceptors (Lipinski definition) is 5. The smallest absolute Gasteiger partial charge is 0.249 e. The van der Waals surface area contributed by atoms with Crippen LogP contribution in [0.1, 0.15) is 47.5 Å². The van der Waals surface area contributed by atoms with Crippen LogP contribution in [0.15, 0.2) is 29.4 Å². The molecule has 0 spiro atoms. The first-order chi connectivity index (χ1) is 14.0. The van der Waals surface area contributed by atoms with Gasteiger partial charge in [0.15, 0.2) is 5.78 Å². The molecule has 2 aliphatic heterocycles. The number of fused-ring (bicyclic) bond motifs is 1. The highest BCUT2D eigenvalue weighted by atomic mass is 16.5. The Morgan fingerprint density at radius 3 is 2.69 bits per heavy atom. The summed E-state index contributed by atoms with van der Waals surface area (Å²) in [6.07, 6.45) is 3.16. The topological polar surface area (TPSA) is 138 Å². The van der Waals surface area contributed by atoms with Crippen molar-refractivity contribution < 1.29 is 19.1 Å². The molecular formula is C20H23N5O4. The number of benzene rings is 1. The predicted molar refractivity (Wildman–Crippen MR) is 103 cm³/mol. The van der Waals surface area contributed by atoms with E-state index < -0.39 is 30.0 Å². The maximum Gasteiger partial charge on any atom is 0.249 e. The zero-order valence-electron chi connectivity index (χ0n) is 15.9. The SMILES string of the molecule is [N-]=[N+]=N[C@H]1CN(C(=O)[C@H](c2ccccc2C(N)=O)C2CCCC2)[C@@H]2C(=O)CO[C@H]12. The standard InChI is InChI=1S/C20H23N5O4/c21-19(27)13-8-4-3-7-12(13)16(11-5-1-2-6-11)20(28)25-9-14(23-24-22)18-17(25)15(26)10-29-18/h3-4,7-8,11,14,16-18H,1-2,5-6,9-10H2,(H2,21,27)/t14-,16-,17+,18+/m0/s1. The number of ether oxygens (including phenoxy) is 1. The molecule has 0 bridgehead atoms. The fourth-order valence-electron chi connectivity index (χ4n) is 5.08. The van der Waals surface area contributed by atoms with Crippen molar-refractivity contribution in [1.82, 2.24) is 4.90 Å². The molecule has 9 nitrogen and oxygen atoms in total. The average molecular weight is 397 g/mol. The number of nitrogens with two attached hydrogens (primary N) is 1. The Morgan fingerprint density at radius 2 is 2.00 bits per heavy atom. The lowest BCUT2D eigenvalue weighted by Crippen LogP contribution is -2.45. The number of nitrogens with zero attached hydrogens (tertiary/aromatic N) is 4. The van der Waals surface area contributed by atoms with Gasteiger partial charge >= 0.3 is 0 Å². The molecule has 0 aromatic heterocycles. The monoisotopic (exact) mass is 397 g/mol. The molecule has 2 saturated heterocycles. The first-order valence-electron chi connectivity index (χ1n) is 9.90. The van der Waals surface area contributed by atoms with E-state index in [-0.39, 0.29) is 30.8 Å². The van der Waals surface area contributed by atoms with Crippen LogP contribution in [0.4, 0.5) is 0 Å². The summed E-state index contributed by atoms with van der Waals surface area (Å²) < 4.78 is 5.53. The van der Waals surface area contributed by atoms with Gasteiger partial charge in [-0.05, 0) is 35.9 Å².